The maximum Gasteiger partial charge on any atom is 0.260 e. The van der Waals surface area contributed by atoms with Crippen molar-refractivity contribution < 1.29 is 0 Å². The highest BCUT2D eigenvalue weighted by atomic mass is 79.9. The molecule has 0 radical (unpaired) electrons. The maximum absolute atomic E-state index is 5.88. The summed E-state index contributed by atoms with van der Waals surface area (Å²) in [7, 11) is 0. The molecule has 0 unspecified atom stereocenters. The van der Waals surface area contributed by atoms with Gasteiger partial charge in [-0.1, -0.05) is 24.3 Å². The van der Waals surface area contributed by atoms with Crippen LogP contribution < -0.4 is 5.43 Å². The van der Waals surface area contributed by atoms with Crippen LogP contribution in [0.1, 0.15) is 0 Å². The first kappa shape index (κ1) is 15.2. The molecule has 0 bridgehead atoms. The Hall–Kier alpha value is -1.24. The number of hydrogen-bond donors (Lipinski definition) is 1. The van der Waals surface area contributed by atoms with Crippen LogP contribution in [0.2, 0.25) is 0 Å². The number of benzene rings is 2. The molecule has 20 heavy (non-hydrogen) atoms. The molecule has 0 heterocycles. The number of rotatable bonds is 3. The molecule has 102 valence electrons. The highest BCUT2D eigenvalue weighted by Crippen LogP contribution is 2.25. The fourth-order valence-electron chi connectivity index (χ4n) is 1.31. The Labute approximate surface area is 138 Å². The molecule has 0 saturated carbocycles. The van der Waals surface area contributed by atoms with Crippen molar-refractivity contribution in [3.63, 3.8) is 0 Å². The van der Waals surface area contributed by atoms with Gasteiger partial charge < -0.3 is 0 Å². The van der Waals surface area contributed by atoms with Gasteiger partial charge in [0.05, 0.1) is 11.4 Å². The smallest absolute Gasteiger partial charge is 0.260 e. The lowest BCUT2D eigenvalue weighted by molar-refractivity contribution is 1.24. The summed E-state index contributed by atoms with van der Waals surface area (Å²) in [6, 6.07) is 15.0. The fraction of sp³-hybridized carbons (Fsp3) is 0. The summed E-state index contributed by atoms with van der Waals surface area (Å²) in [5, 5.41) is 11.8. The molecule has 0 spiro atoms. The van der Waals surface area contributed by atoms with Crippen molar-refractivity contribution in [3.05, 3.63) is 57.5 Å². The second-order valence-corrected chi connectivity index (χ2v) is 5.67. The highest BCUT2D eigenvalue weighted by molar-refractivity contribution is 9.11. The quantitative estimate of drug-likeness (QED) is 0.218. The zero-order chi connectivity index (χ0) is 14.4. The van der Waals surface area contributed by atoms with Crippen LogP contribution in [0, 0.1) is 0 Å². The van der Waals surface area contributed by atoms with E-state index in [0.29, 0.717) is 5.69 Å². The van der Waals surface area contributed by atoms with E-state index in [0.717, 1.165) is 14.6 Å². The topological polar surface area (TPSA) is 49.1 Å². The van der Waals surface area contributed by atoms with Crippen LogP contribution in [0.25, 0.3) is 0 Å². The van der Waals surface area contributed by atoms with Gasteiger partial charge in [0.25, 0.3) is 5.29 Å². The number of hydrogen-bond acceptors (Lipinski definition) is 3. The second kappa shape index (κ2) is 7.52. The van der Waals surface area contributed by atoms with Gasteiger partial charge in [-0.25, -0.2) is 0 Å². The predicted molar refractivity (Wildman–Crippen MR) is 89.7 cm³/mol. The van der Waals surface area contributed by atoms with E-state index in [2.05, 4.69) is 52.6 Å². The van der Waals surface area contributed by atoms with Gasteiger partial charge in [0.15, 0.2) is 0 Å². The minimum atomic E-state index is 0.0107. The Morgan fingerprint density at radius 2 is 1.60 bits per heavy atom. The molecule has 2 rings (SSSR count). The van der Waals surface area contributed by atoms with E-state index in [1.807, 2.05) is 48.5 Å². The molecule has 0 amide bonds. The zero-order valence-electron chi connectivity index (χ0n) is 10.1. The van der Waals surface area contributed by atoms with Crippen molar-refractivity contribution in [1.82, 2.24) is 0 Å². The Morgan fingerprint density at radius 1 is 0.950 bits per heavy atom. The first-order chi connectivity index (χ1) is 9.66. The molecule has 7 heteroatoms. The molecule has 0 aliphatic carbocycles. The third-order valence-corrected chi connectivity index (χ3v) is 3.76. The van der Waals surface area contributed by atoms with Crippen LogP contribution in [-0.2, 0) is 0 Å². The standard InChI is InChI=1S/C13H9Br2ClN4/c14-9-5-1-3-7-11(9)17-19-13(16)20-18-12-8-4-2-6-10(12)15/h1-8,17H. The number of azo groups is 1. The lowest BCUT2D eigenvalue weighted by Crippen LogP contribution is -1.92. The first-order valence-corrected chi connectivity index (χ1v) is 7.53. The van der Waals surface area contributed by atoms with Crippen molar-refractivity contribution in [1.29, 1.82) is 0 Å². The molecular weight excluding hydrogens is 407 g/mol. The Morgan fingerprint density at radius 3 is 2.30 bits per heavy atom. The summed E-state index contributed by atoms with van der Waals surface area (Å²) < 4.78 is 1.72. The summed E-state index contributed by atoms with van der Waals surface area (Å²) in [6.45, 7) is 0. The summed E-state index contributed by atoms with van der Waals surface area (Å²) in [5.74, 6) is 0. The van der Waals surface area contributed by atoms with E-state index in [9.17, 15) is 0 Å². The van der Waals surface area contributed by atoms with Gasteiger partial charge >= 0.3 is 0 Å². The lowest BCUT2D eigenvalue weighted by atomic mass is 10.3. The minimum Gasteiger partial charge on any atom is -0.274 e. The molecule has 1 N–H and O–H groups in total. The van der Waals surface area contributed by atoms with Crippen molar-refractivity contribution in [2.45, 2.75) is 0 Å². The zero-order valence-corrected chi connectivity index (χ0v) is 14.0. The Bertz CT molecular complexity index is 658. The van der Waals surface area contributed by atoms with E-state index < -0.39 is 0 Å². The van der Waals surface area contributed by atoms with Gasteiger partial charge in [-0.15, -0.1) is 15.3 Å². The minimum absolute atomic E-state index is 0.0107. The number of nitrogens with one attached hydrogen (secondary N) is 1. The van der Waals surface area contributed by atoms with Crippen LogP contribution in [0.5, 0.6) is 0 Å². The summed E-state index contributed by atoms with van der Waals surface area (Å²) in [5.41, 5.74) is 4.28. The normalized spacial score (nSPS) is 11.8. The van der Waals surface area contributed by atoms with Crippen LogP contribution >= 0.6 is 43.5 Å². The molecular formula is C13H9Br2ClN4. The molecule has 0 atom stereocenters. The maximum atomic E-state index is 5.88. The molecule has 0 saturated heterocycles. The van der Waals surface area contributed by atoms with E-state index in [1.54, 1.807) is 0 Å². The van der Waals surface area contributed by atoms with Crippen LogP contribution in [-0.4, -0.2) is 5.29 Å². The Balaban J connectivity index is 2.05. The average molecular weight is 417 g/mol. The van der Waals surface area contributed by atoms with Gasteiger partial charge in [-0.2, -0.15) is 0 Å². The van der Waals surface area contributed by atoms with E-state index >= 15 is 0 Å². The van der Waals surface area contributed by atoms with E-state index in [4.69, 9.17) is 11.6 Å². The number of amidine groups is 1. The van der Waals surface area contributed by atoms with Crippen molar-refractivity contribution >= 4 is 60.1 Å². The molecule has 0 aromatic heterocycles. The van der Waals surface area contributed by atoms with Gasteiger partial charge in [0, 0.05) is 8.95 Å². The molecule has 0 fully saturated rings. The molecule has 2 aromatic carbocycles. The van der Waals surface area contributed by atoms with Crippen molar-refractivity contribution in [2.75, 3.05) is 5.43 Å². The molecule has 0 aliphatic heterocycles. The fourth-order valence-corrected chi connectivity index (χ4v) is 2.13. The van der Waals surface area contributed by atoms with Gasteiger partial charge in [-0.3, -0.25) is 5.43 Å². The predicted octanol–water partition coefficient (Wildman–Crippen LogP) is 5.92. The SMILES string of the molecule is ClC(N=Nc1ccccc1Br)=NNc1ccccc1Br. The number of nitrogens with zero attached hydrogens (tertiary/aromatic N) is 3. The van der Waals surface area contributed by atoms with Crippen LogP contribution in [0.4, 0.5) is 11.4 Å². The summed E-state index contributed by atoms with van der Waals surface area (Å²) >= 11 is 12.7. The van der Waals surface area contributed by atoms with Crippen molar-refractivity contribution in [3.8, 4) is 0 Å². The largest absolute Gasteiger partial charge is 0.274 e. The third kappa shape index (κ3) is 4.40. The lowest BCUT2D eigenvalue weighted by Gasteiger charge is -2.01. The van der Waals surface area contributed by atoms with Crippen molar-refractivity contribution in [2.24, 2.45) is 15.3 Å². The van der Waals surface area contributed by atoms with Gasteiger partial charge in [0.1, 0.15) is 0 Å². The molecule has 0 aliphatic rings. The summed E-state index contributed by atoms with van der Waals surface area (Å²) in [4.78, 5) is 0. The number of hydrazone groups is 1. The second-order valence-electron chi connectivity index (χ2n) is 3.62. The molecule has 4 nitrogen and oxygen atoms in total. The monoisotopic (exact) mass is 414 g/mol. The Kier molecular flexibility index (Phi) is 5.70. The first-order valence-electron chi connectivity index (χ1n) is 5.57. The van der Waals surface area contributed by atoms with Gasteiger partial charge in [-0.05, 0) is 67.7 Å². The summed E-state index contributed by atoms with van der Waals surface area (Å²) in [6.07, 6.45) is 0. The number of anilines is 1. The van der Waals surface area contributed by atoms with Gasteiger partial charge in [0.2, 0.25) is 0 Å². The average Bonchev–Trinajstić information content (AvgIpc) is 2.45. The van der Waals surface area contributed by atoms with Crippen LogP contribution in [0.3, 0.4) is 0 Å². The number of para-hydroxylation sites is 1. The van der Waals surface area contributed by atoms with Crippen LogP contribution in [0.15, 0.2) is 72.8 Å². The molecule has 2 aromatic rings. The third-order valence-electron chi connectivity index (χ3n) is 2.24. The highest BCUT2D eigenvalue weighted by Gasteiger charge is 1.98. The number of halogens is 3. The van der Waals surface area contributed by atoms with E-state index in [1.165, 1.54) is 0 Å². The van der Waals surface area contributed by atoms with E-state index in [-0.39, 0.29) is 5.29 Å².